The first-order valence-corrected chi connectivity index (χ1v) is 9.62. The first kappa shape index (κ1) is 18.3. The van der Waals surface area contributed by atoms with Crippen LogP contribution in [0.4, 0.5) is 11.5 Å². The molecule has 1 aliphatic carbocycles. The summed E-state index contributed by atoms with van der Waals surface area (Å²) >= 11 is 0. The van der Waals surface area contributed by atoms with Crippen LogP contribution in [-0.2, 0) is 10.2 Å². The minimum absolute atomic E-state index is 0.0446. The Hall–Kier alpha value is -2.50. The van der Waals surface area contributed by atoms with Gasteiger partial charge in [-0.3, -0.25) is 5.41 Å². The number of benzene rings is 1. The molecule has 1 saturated carbocycles. The Morgan fingerprint density at radius 1 is 1.38 bits per heavy atom. The van der Waals surface area contributed by atoms with Gasteiger partial charge < -0.3 is 10.6 Å². The summed E-state index contributed by atoms with van der Waals surface area (Å²) < 4.78 is 29.6. The standard InChI is InChI=1S/C15H21N7O3S/c1-10-3-2-4-11(9-10)19-13(16)12-14(21-25-20-12)18-8-7-15(5-6-15)22-26(17,23)24/h2-4,9,22H,5-8H2,1H3,(H2,16,19)(H,18,21)(H2,17,23,24). The van der Waals surface area contributed by atoms with Crippen LogP contribution in [0.2, 0.25) is 0 Å². The van der Waals surface area contributed by atoms with Crippen molar-refractivity contribution < 1.29 is 13.0 Å². The average Bonchev–Trinajstić information content (AvgIpc) is 3.10. The summed E-state index contributed by atoms with van der Waals surface area (Å²) in [7, 11) is -3.73. The van der Waals surface area contributed by atoms with Crippen molar-refractivity contribution in [3.8, 4) is 0 Å². The van der Waals surface area contributed by atoms with Crippen molar-refractivity contribution in [2.75, 3.05) is 17.2 Å². The molecule has 0 saturated heterocycles. The zero-order chi connectivity index (χ0) is 18.8. The summed E-state index contributed by atoms with van der Waals surface area (Å²) in [6.07, 6.45) is 2.01. The first-order valence-electron chi connectivity index (χ1n) is 8.07. The molecule has 0 atom stereocenters. The highest BCUT2D eigenvalue weighted by Gasteiger charge is 2.44. The second-order valence-electron chi connectivity index (χ2n) is 6.44. The van der Waals surface area contributed by atoms with E-state index in [4.69, 9.17) is 15.2 Å². The molecule has 1 aliphatic rings. The van der Waals surface area contributed by atoms with E-state index < -0.39 is 15.7 Å². The van der Waals surface area contributed by atoms with Gasteiger partial charge in [-0.1, -0.05) is 12.1 Å². The lowest BCUT2D eigenvalue weighted by atomic mass is 10.2. The Labute approximate surface area is 151 Å². The third-order valence-corrected chi connectivity index (χ3v) is 4.84. The molecule has 3 rings (SSSR count). The number of hydrogen-bond acceptors (Lipinski definition) is 7. The van der Waals surface area contributed by atoms with E-state index in [0.717, 1.165) is 24.1 Å². The molecular weight excluding hydrogens is 358 g/mol. The molecule has 6 N–H and O–H groups in total. The molecule has 10 nitrogen and oxygen atoms in total. The smallest absolute Gasteiger partial charge is 0.274 e. The highest BCUT2D eigenvalue weighted by Crippen LogP contribution is 2.39. The Morgan fingerprint density at radius 3 is 2.81 bits per heavy atom. The number of rotatable bonds is 8. The Kier molecular flexibility index (Phi) is 4.94. The maximum atomic E-state index is 11.2. The fourth-order valence-corrected chi connectivity index (χ4v) is 3.58. The maximum absolute atomic E-state index is 11.2. The molecule has 26 heavy (non-hydrogen) atoms. The van der Waals surface area contributed by atoms with Gasteiger partial charge in [-0.25, -0.2) is 9.77 Å². The molecule has 0 bridgehead atoms. The second-order valence-corrected chi connectivity index (χ2v) is 7.73. The van der Waals surface area contributed by atoms with E-state index in [9.17, 15) is 8.42 Å². The van der Waals surface area contributed by atoms with E-state index in [1.807, 2.05) is 31.2 Å². The van der Waals surface area contributed by atoms with Crippen LogP contribution in [0, 0.1) is 12.3 Å². The quantitative estimate of drug-likeness (QED) is 0.337. The fourth-order valence-electron chi connectivity index (χ4n) is 2.67. The lowest BCUT2D eigenvalue weighted by molar-refractivity contribution is 0.307. The van der Waals surface area contributed by atoms with Gasteiger partial charge in [0.1, 0.15) is 0 Å². The van der Waals surface area contributed by atoms with Crippen LogP contribution in [0.15, 0.2) is 28.9 Å². The van der Waals surface area contributed by atoms with Crippen molar-refractivity contribution in [1.29, 1.82) is 5.41 Å². The molecule has 1 aromatic carbocycles. The van der Waals surface area contributed by atoms with Crippen LogP contribution >= 0.6 is 0 Å². The van der Waals surface area contributed by atoms with Crippen molar-refractivity contribution in [3.63, 3.8) is 0 Å². The third-order valence-electron chi connectivity index (χ3n) is 4.12. The van der Waals surface area contributed by atoms with Crippen LogP contribution in [0.25, 0.3) is 0 Å². The summed E-state index contributed by atoms with van der Waals surface area (Å²) in [6.45, 7) is 2.39. The first-order chi connectivity index (χ1) is 12.3. The van der Waals surface area contributed by atoms with E-state index in [1.54, 1.807) is 0 Å². The van der Waals surface area contributed by atoms with Crippen molar-refractivity contribution >= 4 is 27.6 Å². The van der Waals surface area contributed by atoms with Gasteiger partial charge in [0, 0.05) is 17.8 Å². The Balaban J connectivity index is 1.58. The highest BCUT2D eigenvalue weighted by molar-refractivity contribution is 7.87. The average molecular weight is 379 g/mol. The van der Waals surface area contributed by atoms with Crippen LogP contribution < -0.4 is 20.5 Å². The van der Waals surface area contributed by atoms with E-state index in [2.05, 4.69) is 25.7 Å². The van der Waals surface area contributed by atoms with Crippen LogP contribution in [0.1, 0.15) is 30.5 Å². The number of aromatic nitrogens is 2. The lowest BCUT2D eigenvalue weighted by Gasteiger charge is -2.15. The zero-order valence-corrected chi connectivity index (χ0v) is 15.1. The number of hydrogen-bond donors (Lipinski definition) is 5. The van der Waals surface area contributed by atoms with Gasteiger partial charge in [-0.2, -0.15) is 13.1 Å². The van der Waals surface area contributed by atoms with Crippen LogP contribution in [0.3, 0.4) is 0 Å². The number of amidine groups is 1. The topological polar surface area (TPSA) is 159 Å². The molecule has 1 fully saturated rings. The van der Waals surface area contributed by atoms with Crippen LogP contribution in [0.5, 0.6) is 0 Å². The van der Waals surface area contributed by atoms with Crippen molar-refractivity contribution in [2.45, 2.75) is 31.7 Å². The van der Waals surface area contributed by atoms with Gasteiger partial charge >= 0.3 is 0 Å². The summed E-state index contributed by atoms with van der Waals surface area (Å²) in [4.78, 5) is 0. The molecular formula is C15H21N7O3S. The SMILES string of the molecule is Cc1cccc(NC(=N)c2nonc2NCCC2(NS(N)(=O)=O)CC2)c1. The minimum atomic E-state index is -3.73. The molecule has 1 aromatic heterocycles. The van der Waals surface area contributed by atoms with E-state index in [-0.39, 0.29) is 11.5 Å². The number of nitrogens with zero attached hydrogens (tertiary/aromatic N) is 2. The van der Waals surface area contributed by atoms with E-state index in [0.29, 0.717) is 18.8 Å². The molecule has 2 aromatic rings. The van der Waals surface area contributed by atoms with Gasteiger partial charge in [-0.05, 0) is 54.2 Å². The summed E-state index contributed by atoms with van der Waals surface area (Å²) in [5, 5.41) is 26.7. The normalized spacial score (nSPS) is 15.5. The van der Waals surface area contributed by atoms with Gasteiger partial charge in [-0.15, -0.1) is 0 Å². The van der Waals surface area contributed by atoms with Gasteiger partial charge in [0.25, 0.3) is 10.2 Å². The van der Waals surface area contributed by atoms with Crippen molar-refractivity contribution in [2.24, 2.45) is 5.14 Å². The van der Waals surface area contributed by atoms with Crippen LogP contribution in [-0.4, -0.2) is 36.7 Å². The molecule has 140 valence electrons. The fraction of sp³-hybridized carbons (Fsp3) is 0.400. The lowest BCUT2D eigenvalue weighted by Crippen LogP contribution is -2.42. The summed E-state index contributed by atoms with van der Waals surface area (Å²) in [5.74, 6) is 0.365. The van der Waals surface area contributed by atoms with Crippen molar-refractivity contribution in [3.05, 3.63) is 35.5 Å². The third kappa shape index (κ3) is 4.77. The number of aryl methyl sites for hydroxylation is 1. The minimum Gasteiger partial charge on any atom is -0.365 e. The van der Waals surface area contributed by atoms with E-state index >= 15 is 0 Å². The number of nitrogens with one attached hydrogen (secondary N) is 4. The van der Waals surface area contributed by atoms with Crippen molar-refractivity contribution in [1.82, 2.24) is 15.0 Å². The largest absolute Gasteiger partial charge is 0.365 e. The Morgan fingerprint density at radius 2 is 2.15 bits per heavy atom. The molecule has 0 aliphatic heterocycles. The highest BCUT2D eigenvalue weighted by atomic mass is 32.2. The van der Waals surface area contributed by atoms with E-state index in [1.165, 1.54) is 0 Å². The molecule has 0 amide bonds. The summed E-state index contributed by atoms with van der Waals surface area (Å²) in [5.41, 5.74) is 1.58. The van der Waals surface area contributed by atoms with Gasteiger partial charge in [0.2, 0.25) is 5.82 Å². The monoisotopic (exact) mass is 379 g/mol. The molecule has 11 heteroatoms. The Bertz CT molecular complexity index is 905. The second kappa shape index (κ2) is 7.02. The molecule has 0 radical (unpaired) electrons. The molecule has 0 spiro atoms. The number of nitrogens with two attached hydrogens (primary N) is 1. The summed E-state index contributed by atoms with van der Waals surface area (Å²) in [6, 6.07) is 7.60. The molecule has 1 heterocycles. The maximum Gasteiger partial charge on any atom is 0.274 e. The predicted octanol–water partition coefficient (Wildman–Crippen LogP) is 0.943. The van der Waals surface area contributed by atoms with Gasteiger partial charge in [0.05, 0.1) is 0 Å². The molecule has 0 unspecified atom stereocenters. The predicted molar refractivity (Wildman–Crippen MR) is 97.2 cm³/mol. The zero-order valence-electron chi connectivity index (χ0n) is 14.2. The van der Waals surface area contributed by atoms with Gasteiger partial charge in [0.15, 0.2) is 11.5 Å². The number of anilines is 2.